The summed E-state index contributed by atoms with van der Waals surface area (Å²) in [7, 11) is 0. The van der Waals surface area contributed by atoms with Crippen molar-refractivity contribution in [2.75, 3.05) is 22.5 Å². The Labute approximate surface area is 157 Å². The van der Waals surface area contributed by atoms with Crippen LogP contribution in [0.2, 0.25) is 0 Å². The number of furan rings is 1. The van der Waals surface area contributed by atoms with Crippen LogP contribution in [-0.4, -0.2) is 18.4 Å². The normalized spacial score (nSPS) is 10.3. The molecule has 1 aromatic heterocycles. The molecule has 2 amide bonds. The van der Waals surface area contributed by atoms with E-state index in [1.165, 1.54) is 11.8 Å². The van der Waals surface area contributed by atoms with Gasteiger partial charge in [0.2, 0.25) is 5.91 Å². The van der Waals surface area contributed by atoms with Crippen LogP contribution in [0, 0.1) is 13.8 Å². The monoisotopic (exact) mass is 363 g/mol. The smallest absolute Gasteiger partial charge is 0.291 e. The number of nitrogens with one attached hydrogen (secondary N) is 3. The van der Waals surface area contributed by atoms with Gasteiger partial charge in [-0.3, -0.25) is 9.59 Å². The highest BCUT2D eigenvalue weighted by Gasteiger charge is 2.09. The quantitative estimate of drug-likeness (QED) is 0.613. The van der Waals surface area contributed by atoms with E-state index in [0.29, 0.717) is 5.69 Å². The average Bonchev–Trinajstić information content (AvgIpc) is 3.18. The standard InChI is InChI=1S/C21H21N3O3/c1-14-8-9-18(11-15(14)2)23-20(25)13-22-16-5-3-6-17(12-16)24-21(26)19-7-4-10-27-19/h3-12,22H,13H2,1-2H3,(H,23,25)(H,24,26). The van der Waals surface area contributed by atoms with Crippen molar-refractivity contribution in [3.8, 4) is 0 Å². The largest absolute Gasteiger partial charge is 0.459 e. The molecule has 0 saturated heterocycles. The Morgan fingerprint density at radius 1 is 0.852 bits per heavy atom. The second kappa shape index (κ2) is 8.23. The molecule has 6 heteroatoms. The lowest BCUT2D eigenvalue weighted by Crippen LogP contribution is -2.21. The van der Waals surface area contributed by atoms with Crippen molar-refractivity contribution in [3.05, 3.63) is 77.7 Å². The maximum Gasteiger partial charge on any atom is 0.291 e. The van der Waals surface area contributed by atoms with Crippen LogP contribution in [0.15, 0.2) is 65.3 Å². The first-order chi connectivity index (χ1) is 13.0. The summed E-state index contributed by atoms with van der Waals surface area (Å²) < 4.78 is 5.07. The maximum absolute atomic E-state index is 12.1. The number of carbonyl (C=O) groups excluding carboxylic acids is 2. The van der Waals surface area contributed by atoms with Gasteiger partial charge in [0.25, 0.3) is 5.91 Å². The summed E-state index contributed by atoms with van der Waals surface area (Å²) in [6, 6.07) is 16.2. The van der Waals surface area contributed by atoms with E-state index in [-0.39, 0.29) is 24.1 Å². The Bertz CT molecular complexity index is 949. The molecule has 0 spiro atoms. The van der Waals surface area contributed by atoms with Crippen molar-refractivity contribution in [2.24, 2.45) is 0 Å². The Kier molecular flexibility index (Phi) is 5.56. The highest BCUT2D eigenvalue weighted by Crippen LogP contribution is 2.17. The van der Waals surface area contributed by atoms with Gasteiger partial charge >= 0.3 is 0 Å². The van der Waals surface area contributed by atoms with Crippen LogP contribution < -0.4 is 16.0 Å². The maximum atomic E-state index is 12.1. The van der Waals surface area contributed by atoms with Gasteiger partial charge in [-0.05, 0) is 67.4 Å². The zero-order valence-corrected chi connectivity index (χ0v) is 15.2. The van der Waals surface area contributed by atoms with Gasteiger partial charge in [0.05, 0.1) is 12.8 Å². The predicted molar refractivity (Wildman–Crippen MR) is 106 cm³/mol. The Hall–Kier alpha value is -3.54. The number of hydrogen-bond acceptors (Lipinski definition) is 4. The van der Waals surface area contributed by atoms with E-state index in [1.807, 2.05) is 38.1 Å². The van der Waals surface area contributed by atoms with E-state index in [4.69, 9.17) is 4.42 Å². The Morgan fingerprint density at radius 2 is 1.63 bits per heavy atom. The first kappa shape index (κ1) is 18.3. The Morgan fingerprint density at radius 3 is 2.37 bits per heavy atom. The summed E-state index contributed by atoms with van der Waals surface area (Å²) in [4.78, 5) is 24.2. The number of hydrogen-bond donors (Lipinski definition) is 3. The first-order valence-corrected chi connectivity index (χ1v) is 8.57. The molecule has 0 aliphatic carbocycles. The zero-order chi connectivity index (χ0) is 19.2. The molecular formula is C21H21N3O3. The molecule has 138 valence electrons. The lowest BCUT2D eigenvalue weighted by molar-refractivity contribution is -0.114. The van der Waals surface area contributed by atoms with Crippen molar-refractivity contribution in [1.82, 2.24) is 0 Å². The number of aryl methyl sites for hydroxylation is 2. The van der Waals surface area contributed by atoms with Gasteiger partial charge in [-0.15, -0.1) is 0 Å². The van der Waals surface area contributed by atoms with Crippen LogP contribution in [0.3, 0.4) is 0 Å². The lowest BCUT2D eigenvalue weighted by Gasteiger charge is -2.10. The molecule has 0 unspecified atom stereocenters. The molecule has 0 fully saturated rings. The number of rotatable bonds is 6. The highest BCUT2D eigenvalue weighted by atomic mass is 16.3. The minimum absolute atomic E-state index is 0.114. The summed E-state index contributed by atoms with van der Waals surface area (Å²) >= 11 is 0. The van der Waals surface area contributed by atoms with Gasteiger partial charge in [-0.2, -0.15) is 0 Å². The third-order valence-electron chi connectivity index (χ3n) is 4.11. The van der Waals surface area contributed by atoms with Gasteiger partial charge in [-0.1, -0.05) is 12.1 Å². The third kappa shape index (κ3) is 4.98. The number of anilines is 3. The van der Waals surface area contributed by atoms with Gasteiger partial charge in [0, 0.05) is 17.1 Å². The fraction of sp³-hybridized carbons (Fsp3) is 0.143. The van der Waals surface area contributed by atoms with Gasteiger partial charge in [-0.25, -0.2) is 0 Å². The third-order valence-corrected chi connectivity index (χ3v) is 4.11. The average molecular weight is 363 g/mol. The zero-order valence-electron chi connectivity index (χ0n) is 15.2. The van der Waals surface area contributed by atoms with Crippen LogP contribution >= 0.6 is 0 Å². The number of benzene rings is 2. The molecule has 0 aliphatic heterocycles. The van der Waals surface area contributed by atoms with Crippen molar-refractivity contribution in [1.29, 1.82) is 0 Å². The predicted octanol–water partition coefficient (Wildman–Crippen LogP) is 4.20. The van der Waals surface area contributed by atoms with E-state index in [0.717, 1.165) is 16.9 Å². The second-order valence-electron chi connectivity index (χ2n) is 6.21. The van der Waals surface area contributed by atoms with Crippen LogP contribution in [0.5, 0.6) is 0 Å². The number of amides is 2. The fourth-order valence-corrected chi connectivity index (χ4v) is 2.51. The van der Waals surface area contributed by atoms with Crippen molar-refractivity contribution < 1.29 is 14.0 Å². The highest BCUT2D eigenvalue weighted by molar-refractivity contribution is 6.02. The van der Waals surface area contributed by atoms with Gasteiger partial charge in [0.15, 0.2) is 5.76 Å². The minimum Gasteiger partial charge on any atom is -0.459 e. The fourth-order valence-electron chi connectivity index (χ4n) is 2.51. The summed E-state index contributed by atoms with van der Waals surface area (Å²) in [5, 5.41) is 8.66. The molecule has 3 N–H and O–H groups in total. The Balaban J connectivity index is 1.55. The molecule has 3 aromatic rings. The molecular weight excluding hydrogens is 342 g/mol. The van der Waals surface area contributed by atoms with Crippen molar-refractivity contribution >= 4 is 28.9 Å². The molecule has 6 nitrogen and oxygen atoms in total. The molecule has 0 saturated carbocycles. The molecule has 2 aromatic carbocycles. The summed E-state index contributed by atoms with van der Waals surface area (Å²) in [5.74, 6) is -0.242. The summed E-state index contributed by atoms with van der Waals surface area (Å²) in [6.07, 6.45) is 1.45. The molecule has 27 heavy (non-hydrogen) atoms. The van der Waals surface area contributed by atoms with Crippen molar-refractivity contribution in [3.63, 3.8) is 0 Å². The van der Waals surface area contributed by atoms with E-state index in [9.17, 15) is 9.59 Å². The molecule has 0 aliphatic rings. The SMILES string of the molecule is Cc1ccc(NC(=O)CNc2cccc(NC(=O)c3ccco3)c2)cc1C. The van der Waals surface area contributed by atoms with Crippen LogP contribution in [0.25, 0.3) is 0 Å². The first-order valence-electron chi connectivity index (χ1n) is 8.57. The van der Waals surface area contributed by atoms with Gasteiger partial charge < -0.3 is 20.4 Å². The minimum atomic E-state index is -0.329. The molecule has 0 radical (unpaired) electrons. The molecule has 1 heterocycles. The topological polar surface area (TPSA) is 83.4 Å². The summed E-state index contributed by atoms with van der Waals surface area (Å²) in [6.45, 7) is 4.15. The second-order valence-corrected chi connectivity index (χ2v) is 6.21. The van der Waals surface area contributed by atoms with E-state index in [1.54, 1.807) is 30.3 Å². The van der Waals surface area contributed by atoms with E-state index < -0.39 is 0 Å². The van der Waals surface area contributed by atoms with Crippen LogP contribution in [0.1, 0.15) is 21.7 Å². The van der Waals surface area contributed by atoms with Crippen molar-refractivity contribution in [2.45, 2.75) is 13.8 Å². The van der Waals surface area contributed by atoms with E-state index >= 15 is 0 Å². The molecule has 0 atom stereocenters. The molecule has 3 rings (SSSR count). The summed E-state index contributed by atoms with van der Waals surface area (Å²) in [5.41, 5.74) is 4.41. The molecule has 0 bridgehead atoms. The van der Waals surface area contributed by atoms with Gasteiger partial charge in [0.1, 0.15) is 0 Å². The van der Waals surface area contributed by atoms with E-state index in [2.05, 4.69) is 16.0 Å². The van der Waals surface area contributed by atoms with Crippen LogP contribution in [-0.2, 0) is 4.79 Å². The lowest BCUT2D eigenvalue weighted by atomic mass is 10.1. The van der Waals surface area contributed by atoms with Crippen LogP contribution in [0.4, 0.5) is 17.1 Å². The number of carbonyl (C=O) groups is 2.